The van der Waals surface area contributed by atoms with Gasteiger partial charge in [-0.1, -0.05) is 12.1 Å². The normalized spacial score (nSPS) is 14.0. The summed E-state index contributed by atoms with van der Waals surface area (Å²) < 4.78 is 10.8. The first kappa shape index (κ1) is 21.8. The first-order valence-electron chi connectivity index (χ1n) is 8.78. The molecule has 1 unspecified atom stereocenters. The van der Waals surface area contributed by atoms with Crippen molar-refractivity contribution in [3.8, 4) is 11.5 Å². The van der Waals surface area contributed by atoms with E-state index in [1.165, 1.54) is 4.88 Å². The highest BCUT2D eigenvalue weighted by Gasteiger charge is 2.16. The average Bonchev–Trinajstić information content (AvgIpc) is 3.30. The van der Waals surface area contributed by atoms with Gasteiger partial charge in [0.1, 0.15) is 0 Å². The average molecular weight is 502 g/mol. The fourth-order valence-electron chi connectivity index (χ4n) is 2.76. The van der Waals surface area contributed by atoms with Crippen LogP contribution in [0, 0.1) is 0 Å². The molecule has 0 fully saturated rings. The number of nitrogens with one attached hydrogen (secondary N) is 2. The van der Waals surface area contributed by atoms with Crippen LogP contribution in [0.2, 0.25) is 0 Å². The molecule has 27 heavy (non-hydrogen) atoms. The molecule has 0 radical (unpaired) electrons. The summed E-state index contributed by atoms with van der Waals surface area (Å²) in [6.45, 7) is 4.55. The van der Waals surface area contributed by atoms with Crippen molar-refractivity contribution in [3.63, 3.8) is 0 Å². The highest BCUT2D eigenvalue weighted by Crippen LogP contribution is 2.32. The Hall–Kier alpha value is -1.52. The van der Waals surface area contributed by atoms with Crippen molar-refractivity contribution < 1.29 is 9.47 Å². The van der Waals surface area contributed by atoms with Crippen molar-refractivity contribution in [2.75, 3.05) is 34.0 Å². The second-order valence-corrected chi connectivity index (χ2v) is 7.24. The lowest BCUT2D eigenvalue weighted by Crippen LogP contribution is -2.41. The predicted octanol–water partition coefficient (Wildman–Crippen LogP) is 3.45. The number of rotatable bonds is 7. The zero-order valence-electron chi connectivity index (χ0n) is 15.9. The van der Waals surface area contributed by atoms with E-state index in [2.05, 4.69) is 54.1 Å². The maximum absolute atomic E-state index is 5.43. The fraction of sp³-hybridized carbons (Fsp3) is 0.421. The third-order valence-corrected chi connectivity index (χ3v) is 5.13. The summed E-state index contributed by atoms with van der Waals surface area (Å²) >= 11 is 1.78. The molecule has 8 heteroatoms. The van der Waals surface area contributed by atoms with Crippen molar-refractivity contribution in [1.29, 1.82) is 0 Å². The van der Waals surface area contributed by atoms with Crippen molar-refractivity contribution in [1.82, 2.24) is 15.5 Å². The molecule has 0 spiro atoms. The van der Waals surface area contributed by atoms with Gasteiger partial charge in [0.2, 0.25) is 6.79 Å². The van der Waals surface area contributed by atoms with Crippen molar-refractivity contribution in [2.45, 2.75) is 19.5 Å². The monoisotopic (exact) mass is 502 g/mol. The summed E-state index contributed by atoms with van der Waals surface area (Å²) in [5.41, 5.74) is 1.09. The lowest BCUT2D eigenvalue weighted by molar-refractivity contribution is 0.174. The Morgan fingerprint density at radius 3 is 2.74 bits per heavy atom. The molecule has 1 aliphatic heterocycles. The molecular formula is C19H27IN4O2S. The van der Waals surface area contributed by atoms with E-state index in [4.69, 9.17) is 14.5 Å². The van der Waals surface area contributed by atoms with Crippen molar-refractivity contribution in [3.05, 3.63) is 46.2 Å². The van der Waals surface area contributed by atoms with Crippen molar-refractivity contribution in [2.24, 2.45) is 4.99 Å². The Morgan fingerprint density at radius 1 is 1.22 bits per heavy atom. The molecule has 1 aliphatic rings. The smallest absolute Gasteiger partial charge is 0.231 e. The Kier molecular flexibility index (Phi) is 8.65. The number of benzene rings is 1. The molecule has 148 valence electrons. The van der Waals surface area contributed by atoms with Crippen LogP contribution in [0.15, 0.2) is 40.7 Å². The van der Waals surface area contributed by atoms with E-state index in [1.807, 2.05) is 18.2 Å². The van der Waals surface area contributed by atoms with E-state index in [0.29, 0.717) is 19.4 Å². The minimum atomic E-state index is 0. The van der Waals surface area contributed by atoms with E-state index in [1.54, 1.807) is 11.3 Å². The van der Waals surface area contributed by atoms with E-state index >= 15 is 0 Å². The largest absolute Gasteiger partial charge is 0.454 e. The predicted molar refractivity (Wildman–Crippen MR) is 122 cm³/mol. The van der Waals surface area contributed by atoms with Gasteiger partial charge >= 0.3 is 0 Å². The number of nitrogens with zero attached hydrogens (tertiary/aromatic N) is 2. The van der Waals surface area contributed by atoms with Gasteiger partial charge in [0.25, 0.3) is 0 Å². The lowest BCUT2D eigenvalue weighted by atomic mass is 10.2. The molecule has 0 saturated carbocycles. The molecule has 1 aromatic carbocycles. The molecule has 2 aromatic rings. The summed E-state index contributed by atoms with van der Waals surface area (Å²) in [6, 6.07) is 10.5. The molecule has 2 N–H and O–H groups in total. The van der Waals surface area contributed by atoms with E-state index < -0.39 is 0 Å². The van der Waals surface area contributed by atoms with Crippen LogP contribution in [0.4, 0.5) is 0 Å². The van der Waals surface area contributed by atoms with Gasteiger partial charge in [0, 0.05) is 18.0 Å². The Morgan fingerprint density at radius 2 is 2.04 bits per heavy atom. The lowest BCUT2D eigenvalue weighted by Gasteiger charge is -2.24. The van der Waals surface area contributed by atoms with E-state index in [0.717, 1.165) is 36.1 Å². The van der Waals surface area contributed by atoms with Crippen LogP contribution in [0.25, 0.3) is 0 Å². The molecule has 1 aromatic heterocycles. The van der Waals surface area contributed by atoms with Crippen LogP contribution in [0.3, 0.4) is 0 Å². The SMILES string of the molecule is CCNC(=NCc1ccc2c(c1)OCO2)NCC(c1cccs1)N(C)C.I. The fourth-order valence-corrected chi connectivity index (χ4v) is 3.69. The summed E-state index contributed by atoms with van der Waals surface area (Å²) in [4.78, 5) is 8.27. The maximum Gasteiger partial charge on any atom is 0.231 e. The Balaban J connectivity index is 0.00000261. The summed E-state index contributed by atoms with van der Waals surface area (Å²) in [5, 5.41) is 8.89. The molecule has 0 aliphatic carbocycles. The maximum atomic E-state index is 5.43. The summed E-state index contributed by atoms with van der Waals surface area (Å²) in [5.74, 6) is 2.40. The van der Waals surface area contributed by atoms with Gasteiger partial charge in [-0.25, -0.2) is 4.99 Å². The number of thiophene rings is 1. The molecule has 1 atom stereocenters. The molecule has 0 saturated heterocycles. The van der Waals surface area contributed by atoms with Crippen LogP contribution in [-0.4, -0.2) is 44.8 Å². The van der Waals surface area contributed by atoms with Crippen LogP contribution < -0.4 is 20.1 Å². The van der Waals surface area contributed by atoms with Crippen LogP contribution in [0.5, 0.6) is 11.5 Å². The quantitative estimate of drug-likeness (QED) is 0.345. The number of aliphatic imine (C=N–C) groups is 1. The molecule has 0 amide bonds. The number of likely N-dealkylation sites (N-methyl/N-ethyl adjacent to an activating group) is 1. The van der Waals surface area contributed by atoms with Gasteiger partial charge in [-0.05, 0) is 50.2 Å². The topological polar surface area (TPSA) is 58.1 Å². The Labute approximate surface area is 182 Å². The van der Waals surface area contributed by atoms with E-state index in [9.17, 15) is 0 Å². The van der Waals surface area contributed by atoms with Gasteiger partial charge in [0.05, 0.1) is 12.6 Å². The summed E-state index contributed by atoms with van der Waals surface area (Å²) in [7, 11) is 4.20. The minimum Gasteiger partial charge on any atom is -0.454 e. The van der Waals surface area contributed by atoms with Crippen LogP contribution >= 0.6 is 35.3 Å². The third-order valence-electron chi connectivity index (χ3n) is 4.16. The molecule has 6 nitrogen and oxygen atoms in total. The van der Waals surface area contributed by atoms with Gasteiger partial charge in [-0.15, -0.1) is 35.3 Å². The summed E-state index contributed by atoms with van der Waals surface area (Å²) in [6.07, 6.45) is 0. The van der Waals surface area contributed by atoms with Gasteiger partial charge in [0.15, 0.2) is 17.5 Å². The van der Waals surface area contributed by atoms with Crippen LogP contribution in [0.1, 0.15) is 23.4 Å². The first-order valence-corrected chi connectivity index (χ1v) is 9.66. The standard InChI is InChI=1S/C19H26N4O2S.HI/c1-4-20-19(22-12-15(23(2)3)18-6-5-9-26-18)21-11-14-7-8-16-17(10-14)25-13-24-16;/h5-10,15H,4,11-13H2,1-3H3,(H2,20,21,22);1H. The highest BCUT2D eigenvalue weighted by molar-refractivity contribution is 14.0. The van der Waals surface area contributed by atoms with Gasteiger partial charge < -0.3 is 25.0 Å². The minimum absolute atomic E-state index is 0. The van der Waals surface area contributed by atoms with Gasteiger partial charge in [-0.2, -0.15) is 0 Å². The van der Waals surface area contributed by atoms with Crippen molar-refractivity contribution >= 4 is 41.3 Å². The van der Waals surface area contributed by atoms with E-state index in [-0.39, 0.29) is 24.0 Å². The number of fused-ring (bicyclic) bond motifs is 1. The van der Waals surface area contributed by atoms with Crippen LogP contribution in [-0.2, 0) is 6.54 Å². The molecule has 3 rings (SSSR count). The number of guanidine groups is 1. The molecular weight excluding hydrogens is 475 g/mol. The number of hydrogen-bond acceptors (Lipinski definition) is 5. The number of halogens is 1. The molecule has 0 bridgehead atoms. The third kappa shape index (κ3) is 5.98. The number of hydrogen-bond donors (Lipinski definition) is 2. The van der Waals surface area contributed by atoms with Gasteiger partial charge in [-0.3, -0.25) is 0 Å². The zero-order valence-corrected chi connectivity index (χ0v) is 19.0. The second-order valence-electron chi connectivity index (χ2n) is 6.26. The highest BCUT2D eigenvalue weighted by atomic mass is 127. The zero-order chi connectivity index (χ0) is 18.4. The Bertz CT molecular complexity index is 737. The first-order chi connectivity index (χ1) is 12.7. The molecule has 2 heterocycles. The second kappa shape index (κ2) is 10.7. The number of ether oxygens (including phenoxy) is 2.